The van der Waals surface area contributed by atoms with Gasteiger partial charge in [0.2, 0.25) is 0 Å². The van der Waals surface area contributed by atoms with E-state index >= 15 is 0 Å². The molecule has 2 aromatic rings. The van der Waals surface area contributed by atoms with Crippen LogP contribution < -0.4 is 0 Å². The lowest BCUT2D eigenvalue weighted by Gasteiger charge is -2.32. The predicted molar refractivity (Wildman–Crippen MR) is 97.2 cm³/mol. The number of alkyl halides is 3. The topological polar surface area (TPSA) is 57.6 Å². The van der Waals surface area contributed by atoms with E-state index in [1.807, 2.05) is 4.90 Å². The number of piperidine rings is 1. The molecule has 1 saturated heterocycles. The van der Waals surface area contributed by atoms with Crippen molar-refractivity contribution >= 4 is 11.8 Å². The second kappa shape index (κ2) is 8.14. The third kappa shape index (κ3) is 4.59. The van der Waals surface area contributed by atoms with Crippen LogP contribution >= 0.6 is 0 Å². The van der Waals surface area contributed by atoms with E-state index in [0.29, 0.717) is 25.1 Å². The van der Waals surface area contributed by atoms with Gasteiger partial charge in [-0.25, -0.2) is 4.79 Å². The van der Waals surface area contributed by atoms with Crippen LogP contribution in [0, 0.1) is 5.92 Å². The number of benzene rings is 2. The molecule has 1 fully saturated rings. The Morgan fingerprint density at radius 3 is 2.39 bits per heavy atom. The van der Waals surface area contributed by atoms with Gasteiger partial charge in [-0.05, 0) is 43.1 Å². The maximum atomic E-state index is 12.7. The third-order valence-corrected chi connectivity index (χ3v) is 5.01. The van der Waals surface area contributed by atoms with Crippen molar-refractivity contribution in [3.05, 3.63) is 70.8 Å². The Balaban J connectivity index is 1.69. The summed E-state index contributed by atoms with van der Waals surface area (Å²) in [6, 6.07) is 11.1. The quantitative estimate of drug-likeness (QED) is 0.763. The molecule has 0 amide bonds. The molecule has 0 aromatic heterocycles. The molecule has 1 heterocycles. The van der Waals surface area contributed by atoms with E-state index in [1.54, 1.807) is 24.3 Å². The molecule has 3 rings (SSSR count). The lowest BCUT2D eigenvalue weighted by atomic mass is 9.89. The molecule has 0 saturated carbocycles. The van der Waals surface area contributed by atoms with E-state index in [9.17, 15) is 27.9 Å². The molecule has 1 aliphatic heterocycles. The molecule has 148 valence electrons. The summed E-state index contributed by atoms with van der Waals surface area (Å²) in [5.41, 5.74) is 0.404. The summed E-state index contributed by atoms with van der Waals surface area (Å²) < 4.78 is 38.1. The van der Waals surface area contributed by atoms with Gasteiger partial charge in [-0.3, -0.25) is 9.69 Å². The number of Topliss-reactive ketones (excluding diaryl/α,β-unsaturated/α-hetero) is 1. The molecule has 1 atom stereocenters. The number of carbonyl (C=O) groups excluding carboxylic acids is 1. The summed E-state index contributed by atoms with van der Waals surface area (Å²) in [5, 5.41) is 9.31. The molecule has 7 heteroatoms. The average molecular weight is 391 g/mol. The van der Waals surface area contributed by atoms with Crippen LogP contribution in [-0.2, 0) is 12.7 Å². The number of carboxylic acids is 1. The first-order valence-corrected chi connectivity index (χ1v) is 9.00. The monoisotopic (exact) mass is 391 g/mol. The van der Waals surface area contributed by atoms with Gasteiger partial charge in [0.1, 0.15) is 0 Å². The van der Waals surface area contributed by atoms with Crippen LogP contribution in [0.25, 0.3) is 0 Å². The van der Waals surface area contributed by atoms with Gasteiger partial charge in [0.05, 0.1) is 11.1 Å². The van der Waals surface area contributed by atoms with Crippen molar-refractivity contribution in [2.45, 2.75) is 25.6 Å². The molecule has 1 aliphatic rings. The van der Waals surface area contributed by atoms with E-state index in [0.717, 1.165) is 25.1 Å². The fraction of sp³-hybridized carbons (Fsp3) is 0.333. The Hall–Kier alpha value is -2.67. The molecule has 28 heavy (non-hydrogen) atoms. The molecule has 1 unspecified atom stereocenters. The van der Waals surface area contributed by atoms with Gasteiger partial charge in [0.15, 0.2) is 5.78 Å². The second-order valence-corrected chi connectivity index (χ2v) is 6.98. The second-order valence-electron chi connectivity index (χ2n) is 6.98. The summed E-state index contributed by atoms with van der Waals surface area (Å²) in [7, 11) is 0. The smallest absolute Gasteiger partial charge is 0.416 e. The van der Waals surface area contributed by atoms with E-state index in [2.05, 4.69) is 0 Å². The lowest BCUT2D eigenvalue weighted by Crippen LogP contribution is -2.38. The van der Waals surface area contributed by atoms with Crippen molar-refractivity contribution < 1.29 is 27.9 Å². The lowest BCUT2D eigenvalue weighted by molar-refractivity contribution is -0.137. The highest BCUT2D eigenvalue weighted by Crippen LogP contribution is 2.30. The van der Waals surface area contributed by atoms with Crippen LogP contribution in [0.5, 0.6) is 0 Å². The fourth-order valence-corrected chi connectivity index (χ4v) is 3.58. The first kappa shape index (κ1) is 20.1. The van der Waals surface area contributed by atoms with Crippen LogP contribution in [0.15, 0.2) is 48.5 Å². The van der Waals surface area contributed by atoms with E-state index in [4.69, 9.17) is 0 Å². The number of carboxylic acid groups (broad SMARTS) is 1. The number of rotatable bonds is 5. The Morgan fingerprint density at radius 2 is 1.75 bits per heavy atom. The van der Waals surface area contributed by atoms with Gasteiger partial charge in [0.25, 0.3) is 0 Å². The highest BCUT2D eigenvalue weighted by molar-refractivity contribution is 5.98. The zero-order valence-corrected chi connectivity index (χ0v) is 15.1. The summed E-state index contributed by atoms with van der Waals surface area (Å²) in [4.78, 5) is 26.1. The highest BCUT2D eigenvalue weighted by Gasteiger charge is 2.31. The Kier molecular flexibility index (Phi) is 5.84. The van der Waals surface area contributed by atoms with Gasteiger partial charge in [0, 0.05) is 24.6 Å². The van der Waals surface area contributed by atoms with Crippen molar-refractivity contribution in [1.29, 1.82) is 0 Å². The zero-order valence-electron chi connectivity index (χ0n) is 15.1. The van der Waals surface area contributed by atoms with Gasteiger partial charge >= 0.3 is 12.1 Å². The Labute approximate surface area is 160 Å². The molecule has 4 nitrogen and oxygen atoms in total. The molecule has 0 radical (unpaired) electrons. The number of halogens is 3. The van der Waals surface area contributed by atoms with Crippen LogP contribution in [0.3, 0.4) is 0 Å². The van der Waals surface area contributed by atoms with Crippen molar-refractivity contribution in [3.8, 4) is 0 Å². The van der Waals surface area contributed by atoms with Crippen LogP contribution in [0.2, 0.25) is 0 Å². The fourth-order valence-electron chi connectivity index (χ4n) is 3.58. The van der Waals surface area contributed by atoms with Gasteiger partial charge in [-0.15, -0.1) is 0 Å². The molecule has 1 N–H and O–H groups in total. The maximum Gasteiger partial charge on any atom is 0.416 e. The van der Waals surface area contributed by atoms with Crippen molar-refractivity contribution in [2.75, 3.05) is 13.1 Å². The van der Waals surface area contributed by atoms with Crippen molar-refractivity contribution in [3.63, 3.8) is 0 Å². The largest absolute Gasteiger partial charge is 0.478 e. The summed E-state index contributed by atoms with van der Waals surface area (Å²) in [6.45, 7) is 1.61. The Morgan fingerprint density at radius 1 is 1.07 bits per heavy atom. The summed E-state index contributed by atoms with van der Waals surface area (Å²) >= 11 is 0. The summed E-state index contributed by atoms with van der Waals surface area (Å²) in [6.07, 6.45) is -3.00. The number of hydrogen-bond acceptors (Lipinski definition) is 3. The number of nitrogens with zero attached hydrogens (tertiary/aromatic N) is 1. The number of ketones is 1. The van der Waals surface area contributed by atoms with Crippen molar-refractivity contribution in [1.82, 2.24) is 4.90 Å². The average Bonchev–Trinajstić information content (AvgIpc) is 2.67. The molecule has 0 aliphatic carbocycles. The first-order chi connectivity index (χ1) is 13.3. The maximum absolute atomic E-state index is 12.7. The minimum atomic E-state index is -4.43. The normalized spacial score (nSPS) is 18.0. The minimum absolute atomic E-state index is 0.176. The number of hydrogen-bond donors (Lipinski definition) is 1. The third-order valence-electron chi connectivity index (χ3n) is 5.01. The SMILES string of the molecule is O=C(O)c1ccccc1CN1CCCC(C(=O)c2ccc(C(F)(F)F)cc2)C1. The molecular formula is C21H20F3NO3. The summed E-state index contributed by atoms with van der Waals surface area (Å²) in [5.74, 6) is -1.49. The van der Waals surface area contributed by atoms with E-state index < -0.39 is 17.7 Å². The standard InChI is InChI=1S/C21H20F3NO3/c22-21(23,24)17-9-7-14(8-10-17)19(26)16-5-3-11-25(13-16)12-15-4-1-2-6-18(15)20(27)28/h1-2,4,6-10,16H,3,5,11-13H2,(H,27,28). The van der Waals surface area contributed by atoms with Gasteiger partial charge in [-0.2, -0.15) is 13.2 Å². The van der Waals surface area contributed by atoms with Gasteiger partial charge in [-0.1, -0.05) is 30.3 Å². The Bertz CT molecular complexity index is 862. The molecular weight excluding hydrogens is 371 g/mol. The van der Waals surface area contributed by atoms with Crippen LogP contribution in [0.4, 0.5) is 13.2 Å². The zero-order chi connectivity index (χ0) is 20.3. The first-order valence-electron chi connectivity index (χ1n) is 9.00. The predicted octanol–water partition coefficient (Wildman–Crippen LogP) is 4.50. The van der Waals surface area contributed by atoms with E-state index in [1.165, 1.54) is 12.1 Å². The number of carbonyl (C=O) groups is 2. The van der Waals surface area contributed by atoms with Gasteiger partial charge < -0.3 is 5.11 Å². The number of likely N-dealkylation sites (tertiary alicyclic amines) is 1. The van der Waals surface area contributed by atoms with Crippen LogP contribution in [0.1, 0.15) is 44.7 Å². The molecule has 2 aromatic carbocycles. The molecule has 0 spiro atoms. The minimum Gasteiger partial charge on any atom is -0.478 e. The van der Waals surface area contributed by atoms with Crippen molar-refractivity contribution in [2.24, 2.45) is 5.92 Å². The van der Waals surface area contributed by atoms with Crippen LogP contribution in [-0.4, -0.2) is 34.8 Å². The molecule has 0 bridgehead atoms. The number of aromatic carboxylic acids is 1. The van der Waals surface area contributed by atoms with E-state index in [-0.39, 0.29) is 22.8 Å². The highest BCUT2D eigenvalue weighted by atomic mass is 19.4.